The van der Waals surface area contributed by atoms with E-state index >= 15 is 0 Å². The fourth-order valence-electron chi connectivity index (χ4n) is 2.58. The highest BCUT2D eigenvalue weighted by Gasteiger charge is 2.33. The fourth-order valence-corrected chi connectivity index (χ4v) is 2.58. The predicted molar refractivity (Wildman–Crippen MR) is 63.6 cm³/mol. The van der Waals surface area contributed by atoms with Crippen LogP contribution >= 0.6 is 0 Å². The zero-order chi connectivity index (χ0) is 12.5. The molecule has 3 nitrogen and oxygen atoms in total. The summed E-state index contributed by atoms with van der Waals surface area (Å²) in [6, 6.07) is 3.01. The third-order valence-corrected chi connectivity index (χ3v) is 3.56. The molecule has 1 aliphatic rings. The molecule has 0 radical (unpaired) electrons. The number of rotatable bonds is 2. The molecule has 1 aliphatic carbocycles. The number of aromatic hydroxyl groups is 1. The Hall–Kier alpha value is -1.29. The van der Waals surface area contributed by atoms with Crippen LogP contribution in [0.25, 0.3) is 0 Å². The summed E-state index contributed by atoms with van der Waals surface area (Å²) in [4.78, 5) is 0. The van der Waals surface area contributed by atoms with Crippen molar-refractivity contribution in [2.24, 2.45) is 5.73 Å². The number of hydrogen-bond donors (Lipinski definition) is 2. The number of methoxy groups -OCH3 is 1. The molecule has 0 aliphatic heterocycles. The van der Waals surface area contributed by atoms with Gasteiger partial charge in [-0.3, -0.25) is 0 Å². The minimum atomic E-state index is -0.622. The van der Waals surface area contributed by atoms with Crippen molar-refractivity contribution in [3.8, 4) is 11.5 Å². The van der Waals surface area contributed by atoms with E-state index in [9.17, 15) is 9.50 Å². The number of halogens is 1. The lowest BCUT2D eigenvalue weighted by Gasteiger charge is -2.34. The van der Waals surface area contributed by atoms with Gasteiger partial charge in [-0.25, -0.2) is 4.39 Å². The second-order valence-electron chi connectivity index (χ2n) is 4.70. The molecule has 4 heteroatoms. The van der Waals surface area contributed by atoms with Crippen molar-refractivity contribution in [3.63, 3.8) is 0 Å². The molecule has 0 saturated heterocycles. The van der Waals surface area contributed by atoms with E-state index < -0.39 is 11.4 Å². The van der Waals surface area contributed by atoms with Crippen LogP contribution in [0.2, 0.25) is 0 Å². The minimum absolute atomic E-state index is 0.113. The molecule has 0 bridgehead atoms. The lowest BCUT2D eigenvalue weighted by Crippen LogP contribution is -2.39. The Labute approximate surface area is 100 Å². The second-order valence-corrected chi connectivity index (χ2v) is 4.70. The Morgan fingerprint density at radius 1 is 1.29 bits per heavy atom. The molecule has 0 atom stereocenters. The van der Waals surface area contributed by atoms with Crippen LogP contribution in [-0.4, -0.2) is 12.2 Å². The largest absolute Gasteiger partial charge is 0.504 e. The van der Waals surface area contributed by atoms with Crippen LogP contribution < -0.4 is 10.5 Å². The van der Waals surface area contributed by atoms with Gasteiger partial charge in [0.1, 0.15) is 0 Å². The van der Waals surface area contributed by atoms with E-state index in [0.29, 0.717) is 5.56 Å². The number of nitrogens with two attached hydrogens (primary N) is 1. The van der Waals surface area contributed by atoms with E-state index in [0.717, 1.165) is 32.1 Å². The van der Waals surface area contributed by atoms with E-state index in [1.54, 1.807) is 6.07 Å². The lowest BCUT2D eigenvalue weighted by molar-refractivity contribution is 0.284. The molecule has 2 rings (SSSR count). The number of phenolic OH excluding ortho intramolecular Hbond substituents is 1. The van der Waals surface area contributed by atoms with Gasteiger partial charge in [-0.2, -0.15) is 0 Å². The normalized spacial score (nSPS) is 19.0. The summed E-state index contributed by atoms with van der Waals surface area (Å²) in [7, 11) is 1.34. The van der Waals surface area contributed by atoms with Crippen LogP contribution in [0, 0.1) is 5.82 Å². The topological polar surface area (TPSA) is 55.5 Å². The van der Waals surface area contributed by atoms with Crippen molar-refractivity contribution >= 4 is 0 Å². The first kappa shape index (κ1) is 12.2. The zero-order valence-electron chi connectivity index (χ0n) is 10.0. The first-order valence-electron chi connectivity index (χ1n) is 5.93. The van der Waals surface area contributed by atoms with Crippen LogP contribution in [0.4, 0.5) is 4.39 Å². The summed E-state index contributed by atoms with van der Waals surface area (Å²) < 4.78 is 19.1. The highest BCUT2D eigenvalue weighted by molar-refractivity contribution is 5.45. The first-order chi connectivity index (χ1) is 8.08. The van der Waals surface area contributed by atoms with Crippen LogP contribution in [0.5, 0.6) is 11.5 Å². The molecular weight excluding hydrogens is 221 g/mol. The van der Waals surface area contributed by atoms with Crippen molar-refractivity contribution in [2.45, 2.75) is 37.6 Å². The fraction of sp³-hybridized carbons (Fsp3) is 0.538. The van der Waals surface area contributed by atoms with Crippen molar-refractivity contribution in [1.82, 2.24) is 0 Å². The molecule has 17 heavy (non-hydrogen) atoms. The van der Waals surface area contributed by atoms with E-state index in [4.69, 9.17) is 10.5 Å². The predicted octanol–water partition coefficient (Wildman–Crippen LogP) is 2.66. The average molecular weight is 239 g/mol. The molecule has 0 heterocycles. The Balaban J connectivity index is 2.44. The van der Waals surface area contributed by atoms with Gasteiger partial charge in [0.2, 0.25) is 0 Å². The van der Waals surface area contributed by atoms with E-state index in [1.807, 2.05) is 0 Å². The summed E-state index contributed by atoms with van der Waals surface area (Å²) >= 11 is 0. The second kappa shape index (κ2) is 4.53. The van der Waals surface area contributed by atoms with Gasteiger partial charge < -0.3 is 15.6 Å². The SMILES string of the molecule is COc1c(O)ccc(C2(N)CCCCC2)c1F. The molecule has 0 spiro atoms. The maximum absolute atomic E-state index is 14.2. The third kappa shape index (κ3) is 2.09. The Bertz CT molecular complexity index is 414. The molecular formula is C13H18FNO2. The van der Waals surface area contributed by atoms with Crippen molar-refractivity contribution in [2.75, 3.05) is 7.11 Å². The number of ether oxygens (including phenoxy) is 1. The van der Waals surface area contributed by atoms with Gasteiger partial charge in [-0.1, -0.05) is 25.3 Å². The van der Waals surface area contributed by atoms with Gasteiger partial charge in [0.25, 0.3) is 0 Å². The van der Waals surface area contributed by atoms with E-state index in [-0.39, 0.29) is 11.5 Å². The highest BCUT2D eigenvalue weighted by Crippen LogP contribution is 2.40. The third-order valence-electron chi connectivity index (χ3n) is 3.56. The smallest absolute Gasteiger partial charge is 0.196 e. The molecule has 1 fully saturated rings. The average Bonchev–Trinajstić information content (AvgIpc) is 2.30. The van der Waals surface area contributed by atoms with Crippen molar-refractivity contribution in [1.29, 1.82) is 0 Å². The van der Waals surface area contributed by atoms with Gasteiger partial charge in [0.05, 0.1) is 7.11 Å². The van der Waals surface area contributed by atoms with E-state index in [1.165, 1.54) is 13.2 Å². The minimum Gasteiger partial charge on any atom is -0.504 e. The van der Waals surface area contributed by atoms with Gasteiger partial charge in [-0.15, -0.1) is 0 Å². The molecule has 0 unspecified atom stereocenters. The van der Waals surface area contributed by atoms with Gasteiger partial charge >= 0.3 is 0 Å². The van der Waals surface area contributed by atoms with Crippen LogP contribution in [0.1, 0.15) is 37.7 Å². The lowest BCUT2D eigenvalue weighted by atomic mass is 9.77. The quantitative estimate of drug-likeness (QED) is 0.834. The monoisotopic (exact) mass is 239 g/mol. The highest BCUT2D eigenvalue weighted by atomic mass is 19.1. The molecule has 1 aromatic rings. The summed E-state index contributed by atoms with van der Waals surface area (Å²) in [5.41, 5.74) is 6.11. The van der Waals surface area contributed by atoms with Crippen LogP contribution in [0.3, 0.4) is 0 Å². The van der Waals surface area contributed by atoms with Crippen LogP contribution in [-0.2, 0) is 5.54 Å². The Morgan fingerprint density at radius 2 is 1.94 bits per heavy atom. The summed E-state index contributed by atoms with van der Waals surface area (Å²) in [5.74, 6) is -0.831. The molecule has 1 aromatic carbocycles. The molecule has 0 aromatic heterocycles. The number of hydrogen-bond acceptors (Lipinski definition) is 3. The van der Waals surface area contributed by atoms with Gasteiger partial charge in [0.15, 0.2) is 17.3 Å². The summed E-state index contributed by atoms with van der Waals surface area (Å²) in [6.45, 7) is 0. The van der Waals surface area contributed by atoms with Crippen molar-refractivity contribution in [3.05, 3.63) is 23.5 Å². The number of benzene rings is 1. The van der Waals surface area contributed by atoms with Gasteiger partial charge in [0, 0.05) is 11.1 Å². The van der Waals surface area contributed by atoms with E-state index in [2.05, 4.69) is 0 Å². The van der Waals surface area contributed by atoms with Crippen LogP contribution in [0.15, 0.2) is 12.1 Å². The Morgan fingerprint density at radius 3 is 2.53 bits per heavy atom. The van der Waals surface area contributed by atoms with Crippen molar-refractivity contribution < 1.29 is 14.2 Å². The summed E-state index contributed by atoms with van der Waals surface area (Å²) in [5, 5.41) is 9.49. The first-order valence-corrected chi connectivity index (χ1v) is 5.93. The molecule has 1 saturated carbocycles. The Kier molecular flexibility index (Phi) is 3.24. The molecule has 0 amide bonds. The van der Waals surface area contributed by atoms with Gasteiger partial charge in [-0.05, 0) is 18.9 Å². The molecule has 94 valence electrons. The zero-order valence-corrected chi connectivity index (χ0v) is 10.0. The molecule has 3 N–H and O–H groups in total. The maximum atomic E-state index is 14.2. The standard InChI is InChI=1S/C13H18FNO2/c1-17-12-10(16)6-5-9(11(12)14)13(15)7-3-2-4-8-13/h5-6,16H,2-4,7-8,15H2,1H3. The number of phenols is 1. The maximum Gasteiger partial charge on any atom is 0.196 e. The summed E-state index contributed by atoms with van der Waals surface area (Å²) in [6.07, 6.45) is 4.73.